The number of amides is 2. The minimum absolute atomic E-state index is 0.103. The zero-order valence-corrected chi connectivity index (χ0v) is 20.6. The van der Waals surface area contributed by atoms with E-state index in [4.69, 9.17) is 9.47 Å². The summed E-state index contributed by atoms with van der Waals surface area (Å²) in [5, 5.41) is 3.68. The number of hydrogen-bond acceptors (Lipinski definition) is 6. The first-order valence-corrected chi connectivity index (χ1v) is 12.9. The van der Waals surface area contributed by atoms with Gasteiger partial charge >= 0.3 is 0 Å². The fourth-order valence-electron chi connectivity index (χ4n) is 4.75. The van der Waals surface area contributed by atoms with E-state index in [2.05, 4.69) is 23.4 Å². The zero-order valence-electron chi connectivity index (χ0n) is 19.8. The Hall–Kier alpha value is -1.93. The van der Waals surface area contributed by atoms with Gasteiger partial charge in [0.1, 0.15) is 0 Å². The van der Waals surface area contributed by atoms with Gasteiger partial charge in [0.15, 0.2) is 11.5 Å². The van der Waals surface area contributed by atoms with Crippen LogP contribution in [0.2, 0.25) is 0 Å². The monoisotopic (exact) mass is 463 g/mol. The standard InChI is InChI=1S/C24H37N3O4S/c1-5-6-12-27-23(29)19(9-15-32-4)25-24(27)10-13-26(14-11-24)22(28)17-18-7-8-20(30-2)21(16-18)31-3/h7-8,16,19,25H,5-6,9-15,17H2,1-4H3. The van der Waals surface area contributed by atoms with E-state index in [1.165, 1.54) is 0 Å². The summed E-state index contributed by atoms with van der Waals surface area (Å²) < 4.78 is 10.6. The van der Waals surface area contributed by atoms with E-state index in [1.54, 1.807) is 26.0 Å². The van der Waals surface area contributed by atoms with Crippen LogP contribution in [0.4, 0.5) is 0 Å². The normalized spacial score (nSPS) is 20.1. The highest BCUT2D eigenvalue weighted by Crippen LogP contribution is 2.34. The number of ether oxygens (including phenoxy) is 2. The summed E-state index contributed by atoms with van der Waals surface area (Å²) >= 11 is 1.77. The van der Waals surface area contributed by atoms with Gasteiger partial charge in [0.2, 0.25) is 11.8 Å². The number of benzene rings is 1. The molecule has 0 aliphatic carbocycles. The number of hydrogen-bond donors (Lipinski definition) is 1. The van der Waals surface area contributed by atoms with Crippen LogP contribution in [0.5, 0.6) is 11.5 Å². The molecule has 0 bridgehead atoms. The topological polar surface area (TPSA) is 71.1 Å². The molecule has 2 aliphatic heterocycles. The number of methoxy groups -OCH3 is 2. The average Bonchev–Trinajstić information content (AvgIpc) is 3.06. The van der Waals surface area contributed by atoms with Crippen LogP contribution in [-0.4, -0.2) is 79.2 Å². The molecule has 178 valence electrons. The van der Waals surface area contributed by atoms with Crippen LogP contribution in [0.3, 0.4) is 0 Å². The van der Waals surface area contributed by atoms with E-state index in [9.17, 15) is 9.59 Å². The Morgan fingerprint density at radius 3 is 2.56 bits per heavy atom. The molecule has 2 aliphatic rings. The second-order valence-corrected chi connectivity index (χ2v) is 9.59. The highest BCUT2D eigenvalue weighted by Gasteiger charge is 2.51. The molecule has 1 unspecified atom stereocenters. The number of nitrogens with one attached hydrogen (secondary N) is 1. The summed E-state index contributed by atoms with van der Waals surface area (Å²) in [6.45, 7) is 4.26. The van der Waals surface area contributed by atoms with Gasteiger partial charge in [-0.2, -0.15) is 11.8 Å². The van der Waals surface area contributed by atoms with Crippen LogP contribution < -0.4 is 14.8 Å². The predicted octanol–water partition coefficient (Wildman–Crippen LogP) is 2.92. The third kappa shape index (κ3) is 5.34. The van der Waals surface area contributed by atoms with E-state index in [0.29, 0.717) is 31.0 Å². The number of rotatable bonds is 10. The van der Waals surface area contributed by atoms with E-state index in [-0.39, 0.29) is 23.5 Å². The lowest BCUT2D eigenvalue weighted by molar-refractivity contribution is -0.136. The van der Waals surface area contributed by atoms with Crippen LogP contribution in [0.25, 0.3) is 0 Å². The Morgan fingerprint density at radius 2 is 1.94 bits per heavy atom. The van der Waals surface area contributed by atoms with Crippen molar-refractivity contribution in [2.45, 2.75) is 57.2 Å². The minimum atomic E-state index is -0.310. The molecule has 32 heavy (non-hydrogen) atoms. The van der Waals surface area contributed by atoms with Crippen molar-refractivity contribution in [1.82, 2.24) is 15.1 Å². The third-order valence-corrected chi connectivity index (χ3v) is 7.26. The average molecular weight is 464 g/mol. The number of nitrogens with zero attached hydrogens (tertiary/aromatic N) is 2. The minimum Gasteiger partial charge on any atom is -0.493 e. The van der Waals surface area contributed by atoms with Crippen molar-refractivity contribution in [2.75, 3.05) is 45.9 Å². The molecule has 2 amide bonds. The molecular weight excluding hydrogens is 426 g/mol. The van der Waals surface area contributed by atoms with Gasteiger partial charge in [-0.15, -0.1) is 0 Å². The maximum absolute atomic E-state index is 13.1. The molecule has 0 radical (unpaired) electrons. The second kappa shape index (κ2) is 11.3. The molecule has 1 atom stereocenters. The number of piperidine rings is 1. The molecule has 1 aromatic carbocycles. The van der Waals surface area contributed by atoms with Gasteiger partial charge < -0.3 is 19.3 Å². The van der Waals surface area contributed by atoms with Crippen LogP contribution >= 0.6 is 11.8 Å². The summed E-state index contributed by atoms with van der Waals surface area (Å²) in [6.07, 6.45) is 6.87. The SMILES string of the molecule is CCCCN1C(=O)C(CCSC)NC12CCN(C(=O)Cc1ccc(OC)c(OC)c1)CC2. The highest BCUT2D eigenvalue weighted by molar-refractivity contribution is 7.98. The summed E-state index contributed by atoms with van der Waals surface area (Å²) in [5.74, 6) is 2.60. The van der Waals surface area contributed by atoms with Crippen molar-refractivity contribution >= 4 is 23.6 Å². The molecule has 7 nitrogen and oxygen atoms in total. The van der Waals surface area contributed by atoms with Crippen molar-refractivity contribution in [3.8, 4) is 11.5 Å². The molecule has 1 N–H and O–H groups in total. The number of carbonyl (C=O) groups excluding carboxylic acids is 2. The molecule has 8 heteroatoms. The predicted molar refractivity (Wildman–Crippen MR) is 128 cm³/mol. The first-order chi connectivity index (χ1) is 15.5. The van der Waals surface area contributed by atoms with E-state index in [1.807, 2.05) is 23.1 Å². The second-order valence-electron chi connectivity index (χ2n) is 8.60. The van der Waals surface area contributed by atoms with Gasteiger partial charge in [-0.1, -0.05) is 19.4 Å². The Labute approximate surface area is 196 Å². The van der Waals surface area contributed by atoms with Crippen LogP contribution in [0.15, 0.2) is 18.2 Å². The first-order valence-electron chi connectivity index (χ1n) is 11.5. The molecule has 1 aromatic rings. The van der Waals surface area contributed by atoms with Crippen molar-refractivity contribution in [3.05, 3.63) is 23.8 Å². The summed E-state index contributed by atoms with van der Waals surface area (Å²) in [5.41, 5.74) is 0.596. The van der Waals surface area contributed by atoms with Crippen molar-refractivity contribution < 1.29 is 19.1 Å². The zero-order chi connectivity index (χ0) is 23.1. The molecule has 3 rings (SSSR count). The van der Waals surface area contributed by atoms with Gasteiger partial charge in [-0.05, 0) is 42.5 Å². The number of unbranched alkanes of at least 4 members (excludes halogenated alkanes) is 1. The first kappa shape index (κ1) is 24.7. The largest absolute Gasteiger partial charge is 0.493 e. The van der Waals surface area contributed by atoms with Crippen molar-refractivity contribution in [3.63, 3.8) is 0 Å². The van der Waals surface area contributed by atoms with Crippen LogP contribution in [-0.2, 0) is 16.0 Å². The van der Waals surface area contributed by atoms with Gasteiger partial charge in [0.05, 0.1) is 32.3 Å². The fourth-order valence-corrected chi connectivity index (χ4v) is 5.22. The Kier molecular flexibility index (Phi) is 8.71. The van der Waals surface area contributed by atoms with E-state index >= 15 is 0 Å². The van der Waals surface area contributed by atoms with Crippen LogP contribution in [0.1, 0.15) is 44.6 Å². The Bertz CT molecular complexity index is 795. The van der Waals surface area contributed by atoms with Gasteiger partial charge in [-0.25, -0.2) is 0 Å². The lowest BCUT2D eigenvalue weighted by Gasteiger charge is -2.44. The maximum Gasteiger partial charge on any atom is 0.241 e. The third-order valence-electron chi connectivity index (χ3n) is 6.62. The molecule has 2 saturated heterocycles. The summed E-state index contributed by atoms with van der Waals surface area (Å²) in [6, 6.07) is 5.50. The molecule has 2 fully saturated rings. The number of carbonyl (C=O) groups is 2. The summed E-state index contributed by atoms with van der Waals surface area (Å²) in [4.78, 5) is 30.1. The summed E-state index contributed by atoms with van der Waals surface area (Å²) in [7, 11) is 3.20. The van der Waals surface area contributed by atoms with E-state index in [0.717, 1.165) is 50.0 Å². The lowest BCUT2D eigenvalue weighted by atomic mass is 9.95. The van der Waals surface area contributed by atoms with Crippen LogP contribution in [0, 0.1) is 0 Å². The molecule has 0 aromatic heterocycles. The molecule has 0 saturated carbocycles. The maximum atomic E-state index is 13.1. The Morgan fingerprint density at radius 1 is 1.22 bits per heavy atom. The smallest absolute Gasteiger partial charge is 0.241 e. The number of likely N-dealkylation sites (tertiary alicyclic amines) is 1. The molecule has 2 heterocycles. The van der Waals surface area contributed by atoms with Gasteiger partial charge in [0.25, 0.3) is 0 Å². The fraction of sp³-hybridized carbons (Fsp3) is 0.667. The quantitative estimate of drug-likeness (QED) is 0.575. The van der Waals surface area contributed by atoms with E-state index < -0.39 is 0 Å². The lowest BCUT2D eigenvalue weighted by Crippen LogP contribution is -2.59. The Balaban J connectivity index is 1.64. The van der Waals surface area contributed by atoms with Gasteiger partial charge in [0, 0.05) is 32.5 Å². The highest BCUT2D eigenvalue weighted by atomic mass is 32.2. The van der Waals surface area contributed by atoms with Crippen molar-refractivity contribution in [2.24, 2.45) is 0 Å². The van der Waals surface area contributed by atoms with Crippen molar-refractivity contribution in [1.29, 1.82) is 0 Å². The number of thioether (sulfide) groups is 1. The molecular formula is C24H37N3O4S. The molecule has 1 spiro atoms. The van der Waals surface area contributed by atoms with Gasteiger partial charge in [-0.3, -0.25) is 14.9 Å².